The number of alkyl halides is 2. The van der Waals surface area contributed by atoms with Crippen LogP contribution in [-0.4, -0.2) is 35.9 Å². The molecule has 0 aliphatic carbocycles. The molecule has 0 unspecified atom stereocenters. The number of para-hydroxylation sites is 1. The van der Waals surface area contributed by atoms with Crippen LogP contribution in [0.5, 0.6) is 0 Å². The summed E-state index contributed by atoms with van der Waals surface area (Å²) in [5, 5.41) is 5.80. The van der Waals surface area contributed by atoms with E-state index in [0.717, 1.165) is 22.9 Å². The number of nitrogens with zero attached hydrogens (tertiary/aromatic N) is 2. The van der Waals surface area contributed by atoms with E-state index in [9.17, 15) is 13.6 Å². The minimum atomic E-state index is -2.82. The first kappa shape index (κ1) is 22.2. The Morgan fingerprint density at radius 1 is 1.16 bits per heavy atom. The number of aromatic nitrogens is 2. The van der Waals surface area contributed by atoms with Crippen molar-refractivity contribution in [2.45, 2.75) is 25.9 Å². The van der Waals surface area contributed by atoms with Gasteiger partial charge < -0.3 is 9.64 Å². The molecule has 0 saturated carbocycles. The van der Waals surface area contributed by atoms with E-state index in [0.29, 0.717) is 5.69 Å². The molecule has 1 N–H and O–H groups in total. The summed E-state index contributed by atoms with van der Waals surface area (Å²) < 4.78 is 31.6. The second-order valence-corrected chi connectivity index (χ2v) is 7.42. The first-order valence-electron chi connectivity index (χ1n) is 9.61. The number of benzene rings is 2. The Bertz CT molecular complexity index is 1130. The van der Waals surface area contributed by atoms with Gasteiger partial charge in [-0.2, -0.15) is 5.10 Å². The van der Waals surface area contributed by atoms with Gasteiger partial charge in [0.2, 0.25) is 0 Å². The van der Waals surface area contributed by atoms with Crippen molar-refractivity contribution in [3.8, 4) is 23.0 Å². The third kappa shape index (κ3) is 4.98. The topological polar surface area (TPSA) is 58.2 Å². The highest BCUT2D eigenvalue weighted by Crippen LogP contribution is 2.32. The lowest BCUT2D eigenvalue weighted by Gasteiger charge is -2.21. The summed E-state index contributed by atoms with van der Waals surface area (Å²) >= 11 is 0. The van der Waals surface area contributed by atoms with Gasteiger partial charge in [-0.05, 0) is 37.6 Å². The maximum absolute atomic E-state index is 13.2. The number of amides is 1. The van der Waals surface area contributed by atoms with E-state index in [-0.39, 0.29) is 5.56 Å². The van der Waals surface area contributed by atoms with E-state index in [4.69, 9.17) is 4.74 Å². The predicted molar refractivity (Wildman–Crippen MR) is 116 cm³/mol. The largest absolute Gasteiger partial charge is 0.366 e. The summed E-state index contributed by atoms with van der Waals surface area (Å²) in [5.41, 5.74) is 1.89. The second kappa shape index (κ2) is 9.11. The molecule has 0 atom stereocenters. The Labute approximate surface area is 180 Å². The summed E-state index contributed by atoms with van der Waals surface area (Å²) in [6.45, 7) is 3.77. The fourth-order valence-electron chi connectivity index (χ4n) is 2.94. The minimum absolute atomic E-state index is 0.154. The van der Waals surface area contributed by atoms with Crippen LogP contribution in [0.2, 0.25) is 0 Å². The fraction of sp³-hybridized carbons (Fsp3) is 0.250. The highest BCUT2D eigenvalue weighted by Gasteiger charge is 2.25. The van der Waals surface area contributed by atoms with E-state index in [2.05, 4.69) is 22.0 Å². The van der Waals surface area contributed by atoms with Crippen LogP contribution in [0.15, 0.2) is 54.7 Å². The van der Waals surface area contributed by atoms with E-state index < -0.39 is 23.6 Å². The van der Waals surface area contributed by atoms with Crippen molar-refractivity contribution in [3.63, 3.8) is 0 Å². The molecule has 0 spiro atoms. The molecule has 1 amide bonds. The monoisotopic (exact) mass is 423 g/mol. The van der Waals surface area contributed by atoms with Crippen molar-refractivity contribution in [3.05, 3.63) is 71.5 Å². The summed E-state index contributed by atoms with van der Waals surface area (Å²) in [6, 6.07) is 14.9. The van der Waals surface area contributed by atoms with Gasteiger partial charge in [0.1, 0.15) is 11.3 Å². The highest BCUT2D eigenvalue weighted by atomic mass is 19.3. The number of nitrogens with one attached hydrogen (secondary N) is 1. The van der Waals surface area contributed by atoms with Gasteiger partial charge in [0.25, 0.3) is 12.3 Å². The van der Waals surface area contributed by atoms with Gasteiger partial charge in [-0.1, -0.05) is 42.2 Å². The van der Waals surface area contributed by atoms with Gasteiger partial charge in [0.15, 0.2) is 0 Å². The summed E-state index contributed by atoms with van der Waals surface area (Å²) in [6.07, 6.45) is -1.69. The molecule has 31 heavy (non-hydrogen) atoms. The van der Waals surface area contributed by atoms with Crippen LogP contribution >= 0.6 is 0 Å². The maximum atomic E-state index is 13.2. The van der Waals surface area contributed by atoms with Gasteiger partial charge in [0, 0.05) is 25.3 Å². The molecular formula is C24H23F2N3O2. The van der Waals surface area contributed by atoms with E-state index in [1.807, 2.05) is 50.2 Å². The van der Waals surface area contributed by atoms with Crippen molar-refractivity contribution in [1.82, 2.24) is 10.2 Å². The molecule has 0 radical (unpaired) electrons. The number of hydrogen-bond acceptors (Lipinski definition) is 3. The van der Waals surface area contributed by atoms with Crippen molar-refractivity contribution < 1.29 is 18.3 Å². The van der Waals surface area contributed by atoms with Crippen molar-refractivity contribution in [1.29, 1.82) is 0 Å². The lowest BCUT2D eigenvalue weighted by molar-refractivity contribution is 0.0741. The molecule has 160 valence electrons. The van der Waals surface area contributed by atoms with Crippen LogP contribution in [0.25, 0.3) is 11.1 Å². The van der Waals surface area contributed by atoms with Crippen LogP contribution < -0.4 is 4.90 Å². The van der Waals surface area contributed by atoms with E-state index in [1.165, 1.54) is 4.90 Å². The number of ether oxygens (including phenoxy) is 1. The molecule has 0 aliphatic heterocycles. The molecule has 0 fully saturated rings. The number of carbonyl (C=O) groups is 1. The lowest BCUT2D eigenvalue weighted by atomic mass is 10.0. The molecule has 3 rings (SSSR count). The third-order valence-corrected chi connectivity index (χ3v) is 4.90. The van der Waals surface area contributed by atoms with Crippen LogP contribution in [0.4, 0.5) is 14.5 Å². The van der Waals surface area contributed by atoms with Crippen molar-refractivity contribution in [2.24, 2.45) is 0 Å². The van der Waals surface area contributed by atoms with Crippen molar-refractivity contribution >= 4 is 11.6 Å². The Morgan fingerprint density at radius 3 is 2.48 bits per heavy atom. The number of H-pyrrole nitrogens is 1. The first-order valence-corrected chi connectivity index (χ1v) is 9.61. The number of methoxy groups -OCH3 is 1. The molecule has 0 bridgehead atoms. The molecule has 0 aliphatic rings. The van der Waals surface area contributed by atoms with Crippen LogP contribution in [0.1, 0.15) is 41.9 Å². The maximum Gasteiger partial charge on any atom is 0.280 e. The number of halogens is 2. The molecule has 2 aromatic carbocycles. The zero-order valence-corrected chi connectivity index (χ0v) is 17.7. The lowest BCUT2D eigenvalue weighted by Crippen LogP contribution is -2.27. The quantitative estimate of drug-likeness (QED) is 0.583. The SMILES string of the molecule is COC(C)(C)C#Cc1ccc(-c2ccccc2N(C)C(=O)c2cn[nH]c2C(F)F)cc1. The van der Waals surface area contributed by atoms with Crippen molar-refractivity contribution in [2.75, 3.05) is 19.1 Å². The van der Waals surface area contributed by atoms with Gasteiger partial charge in [-0.3, -0.25) is 9.89 Å². The second-order valence-electron chi connectivity index (χ2n) is 7.42. The highest BCUT2D eigenvalue weighted by molar-refractivity contribution is 6.08. The molecule has 0 saturated heterocycles. The molecule has 1 heterocycles. The van der Waals surface area contributed by atoms with Crippen LogP contribution in [0, 0.1) is 11.8 Å². The Hall–Kier alpha value is -3.50. The molecule has 3 aromatic rings. The zero-order chi connectivity index (χ0) is 22.6. The number of anilines is 1. The van der Waals surface area contributed by atoms with Gasteiger partial charge in [0.05, 0.1) is 17.4 Å². The first-order chi connectivity index (χ1) is 14.7. The smallest absolute Gasteiger partial charge is 0.280 e. The average molecular weight is 423 g/mol. The Kier molecular flexibility index (Phi) is 6.52. The number of hydrogen-bond donors (Lipinski definition) is 1. The Balaban J connectivity index is 1.92. The van der Waals surface area contributed by atoms with Gasteiger partial charge >= 0.3 is 0 Å². The molecule has 7 heteroatoms. The Morgan fingerprint density at radius 2 is 1.84 bits per heavy atom. The van der Waals surface area contributed by atoms with Crippen LogP contribution in [-0.2, 0) is 4.74 Å². The number of carbonyl (C=O) groups excluding carboxylic acids is 1. The van der Waals surface area contributed by atoms with Gasteiger partial charge in [-0.15, -0.1) is 0 Å². The van der Waals surface area contributed by atoms with Gasteiger partial charge in [-0.25, -0.2) is 8.78 Å². The fourth-order valence-corrected chi connectivity index (χ4v) is 2.94. The summed E-state index contributed by atoms with van der Waals surface area (Å²) in [7, 11) is 3.16. The average Bonchev–Trinajstić information content (AvgIpc) is 3.27. The molecule has 1 aromatic heterocycles. The zero-order valence-electron chi connectivity index (χ0n) is 17.7. The standard InChI is InChI=1S/C24H23F2N3O2/c1-24(2,31-4)14-13-16-9-11-17(12-10-16)18-7-5-6-8-20(18)29(3)23(30)19-15-27-28-21(19)22(25)26/h5-12,15,22H,1-4H3,(H,27,28). The molecule has 5 nitrogen and oxygen atoms in total. The normalized spacial score (nSPS) is 11.2. The third-order valence-electron chi connectivity index (χ3n) is 4.90. The number of rotatable bonds is 5. The van der Waals surface area contributed by atoms with E-state index in [1.54, 1.807) is 26.3 Å². The van der Waals surface area contributed by atoms with Crippen LogP contribution in [0.3, 0.4) is 0 Å². The van der Waals surface area contributed by atoms with E-state index >= 15 is 0 Å². The molecular weight excluding hydrogens is 400 g/mol. The number of aromatic amines is 1. The summed E-state index contributed by atoms with van der Waals surface area (Å²) in [5.74, 6) is 5.58. The predicted octanol–water partition coefficient (Wildman–Crippen LogP) is 5.07. The summed E-state index contributed by atoms with van der Waals surface area (Å²) in [4.78, 5) is 14.2. The minimum Gasteiger partial charge on any atom is -0.366 e.